The van der Waals surface area contributed by atoms with E-state index in [0.29, 0.717) is 4.64 Å². The third kappa shape index (κ3) is 1.01. The number of fused-ring (bicyclic) bond motifs is 1. The summed E-state index contributed by atoms with van der Waals surface area (Å²) in [6.45, 7) is 0. The number of pyridine rings is 1. The molecule has 0 bridgehead atoms. The van der Waals surface area contributed by atoms with Gasteiger partial charge in [0.15, 0.2) is 0 Å². The standard InChI is InChI=1S/C7H5N3S/c11-7-6-5(4-9-10-7)2-1-3-8-6/h1-4H,(H,10,11). The Morgan fingerprint density at radius 1 is 1.45 bits per heavy atom. The van der Waals surface area contributed by atoms with Crippen molar-refractivity contribution in [1.29, 1.82) is 0 Å². The minimum atomic E-state index is 0.586. The van der Waals surface area contributed by atoms with Gasteiger partial charge in [-0.05, 0) is 12.1 Å². The van der Waals surface area contributed by atoms with Crippen LogP contribution in [-0.4, -0.2) is 15.2 Å². The molecule has 54 valence electrons. The Morgan fingerprint density at radius 3 is 3.18 bits per heavy atom. The van der Waals surface area contributed by atoms with Gasteiger partial charge in [0, 0.05) is 11.6 Å². The van der Waals surface area contributed by atoms with Crippen molar-refractivity contribution >= 4 is 23.1 Å². The van der Waals surface area contributed by atoms with Crippen LogP contribution in [0.5, 0.6) is 0 Å². The van der Waals surface area contributed by atoms with E-state index in [1.165, 1.54) is 0 Å². The summed E-state index contributed by atoms with van der Waals surface area (Å²) in [4.78, 5) is 4.11. The van der Waals surface area contributed by atoms with Gasteiger partial charge >= 0.3 is 0 Å². The first-order valence-corrected chi connectivity index (χ1v) is 3.57. The van der Waals surface area contributed by atoms with E-state index in [1.807, 2.05) is 12.1 Å². The number of nitrogens with zero attached hydrogens (tertiary/aromatic N) is 2. The van der Waals surface area contributed by atoms with Crippen molar-refractivity contribution in [2.75, 3.05) is 0 Å². The van der Waals surface area contributed by atoms with Crippen molar-refractivity contribution in [3.8, 4) is 0 Å². The van der Waals surface area contributed by atoms with E-state index < -0.39 is 0 Å². The normalized spacial score (nSPS) is 10.2. The van der Waals surface area contributed by atoms with Crippen LogP contribution in [0.2, 0.25) is 0 Å². The second-order valence-electron chi connectivity index (χ2n) is 2.14. The van der Waals surface area contributed by atoms with Gasteiger partial charge in [0.2, 0.25) is 0 Å². The summed E-state index contributed by atoms with van der Waals surface area (Å²) in [5.74, 6) is 0. The predicted octanol–water partition coefficient (Wildman–Crippen LogP) is 1.69. The monoisotopic (exact) mass is 163 g/mol. The van der Waals surface area contributed by atoms with Gasteiger partial charge < -0.3 is 0 Å². The Balaban J connectivity index is 3.03. The van der Waals surface area contributed by atoms with Gasteiger partial charge in [0.05, 0.1) is 6.20 Å². The van der Waals surface area contributed by atoms with E-state index >= 15 is 0 Å². The van der Waals surface area contributed by atoms with E-state index in [2.05, 4.69) is 15.2 Å². The molecular weight excluding hydrogens is 158 g/mol. The lowest BCUT2D eigenvalue weighted by molar-refractivity contribution is 1.03. The number of H-pyrrole nitrogens is 1. The van der Waals surface area contributed by atoms with E-state index in [9.17, 15) is 0 Å². The molecule has 0 amide bonds. The maximum Gasteiger partial charge on any atom is 0.146 e. The summed E-state index contributed by atoms with van der Waals surface area (Å²) in [5.41, 5.74) is 0.803. The Morgan fingerprint density at radius 2 is 2.36 bits per heavy atom. The summed E-state index contributed by atoms with van der Waals surface area (Å²) in [5, 5.41) is 7.49. The summed E-state index contributed by atoms with van der Waals surface area (Å²) in [6, 6.07) is 3.79. The number of rotatable bonds is 0. The molecule has 0 spiro atoms. The fraction of sp³-hybridized carbons (Fsp3) is 0. The van der Waals surface area contributed by atoms with Crippen LogP contribution < -0.4 is 0 Å². The highest BCUT2D eigenvalue weighted by atomic mass is 32.1. The number of hydrogen-bond donors (Lipinski definition) is 1. The third-order valence-corrected chi connectivity index (χ3v) is 1.71. The fourth-order valence-electron chi connectivity index (χ4n) is 0.925. The molecular formula is C7H5N3S. The third-order valence-electron chi connectivity index (χ3n) is 1.42. The van der Waals surface area contributed by atoms with Crippen LogP contribution in [0.4, 0.5) is 0 Å². The molecule has 0 fully saturated rings. The van der Waals surface area contributed by atoms with Crippen LogP contribution in [0.25, 0.3) is 10.9 Å². The van der Waals surface area contributed by atoms with Crippen LogP contribution in [0.1, 0.15) is 0 Å². The highest BCUT2D eigenvalue weighted by molar-refractivity contribution is 7.71. The second-order valence-corrected chi connectivity index (χ2v) is 2.55. The van der Waals surface area contributed by atoms with E-state index in [1.54, 1.807) is 12.4 Å². The average Bonchev–Trinajstić information content (AvgIpc) is 2.06. The molecule has 0 aliphatic rings. The number of nitrogens with one attached hydrogen (secondary N) is 1. The van der Waals surface area contributed by atoms with Gasteiger partial charge in [-0.2, -0.15) is 5.10 Å². The van der Waals surface area contributed by atoms with Crippen LogP contribution in [0.15, 0.2) is 24.5 Å². The lowest BCUT2D eigenvalue weighted by atomic mass is 10.3. The quantitative estimate of drug-likeness (QED) is 0.601. The van der Waals surface area contributed by atoms with E-state index in [0.717, 1.165) is 10.9 Å². The maximum atomic E-state index is 4.97. The fourth-order valence-corrected chi connectivity index (χ4v) is 1.15. The average molecular weight is 163 g/mol. The first kappa shape index (κ1) is 6.42. The lowest BCUT2D eigenvalue weighted by Crippen LogP contribution is -1.84. The van der Waals surface area contributed by atoms with Gasteiger partial charge in [-0.1, -0.05) is 12.2 Å². The molecule has 0 saturated carbocycles. The zero-order valence-electron chi connectivity index (χ0n) is 5.61. The van der Waals surface area contributed by atoms with Crippen molar-refractivity contribution in [3.63, 3.8) is 0 Å². The van der Waals surface area contributed by atoms with Gasteiger partial charge in [-0.25, -0.2) is 0 Å². The summed E-state index contributed by atoms with van der Waals surface area (Å²) in [7, 11) is 0. The highest BCUT2D eigenvalue weighted by Crippen LogP contribution is 2.07. The van der Waals surface area contributed by atoms with Gasteiger partial charge in [-0.15, -0.1) is 0 Å². The first-order chi connectivity index (χ1) is 5.38. The number of aromatic amines is 1. The number of hydrogen-bond acceptors (Lipinski definition) is 3. The van der Waals surface area contributed by atoms with Gasteiger partial charge in [0.1, 0.15) is 10.2 Å². The predicted molar refractivity (Wildman–Crippen MR) is 44.7 cm³/mol. The molecule has 1 N–H and O–H groups in total. The summed E-state index contributed by atoms with van der Waals surface area (Å²) >= 11 is 4.97. The van der Waals surface area contributed by atoms with Crippen LogP contribution >= 0.6 is 12.2 Å². The lowest BCUT2D eigenvalue weighted by Gasteiger charge is -1.92. The molecule has 0 aromatic carbocycles. The zero-order chi connectivity index (χ0) is 7.68. The van der Waals surface area contributed by atoms with Gasteiger partial charge in [-0.3, -0.25) is 10.1 Å². The summed E-state index contributed by atoms with van der Waals surface area (Å²) in [6.07, 6.45) is 3.42. The van der Waals surface area contributed by atoms with Crippen molar-refractivity contribution < 1.29 is 0 Å². The Labute approximate surface area is 68.1 Å². The smallest absolute Gasteiger partial charge is 0.146 e. The molecule has 2 rings (SSSR count). The van der Waals surface area contributed by atoms with Gasteiger partial charge in [0.25, 0.3) is 0 Å². The molecule has 0 saturated heterocycles. The van der Waals surface area contributed by atoms with Crippen molar-refractivity contribution in [2.45, 2.75) is 0 Å². The van der Waals surface area contributed by atoms with Crippen molar-refractivity contribution in [3.05, 3.63) is 29.2 Å². The minimum Gasteiger partial charge on any atom is -0.266 e. The largest absolute Gasteiger partial charge is 0.266 e. The SMILES string of the molecule is S=c1[nH]ncc2cccnc12. The van der Waals surface area contributed by atoms with E-state index in [4.69, 9.17) is 12.2 Å². The second kappa shape index (κ2) is 2.39. The Hall–Kier alpha value is -1.29. The molecule has 2 aromatic heterocycles. The molecule has 4 heteroatoms. The van der Waals surface area contributed by atoms with Crippen molar-refractivity contribution in [2.24, 2.45) is 0 Å². The molecule has 2 heterocycles. The van der Waals surface area contributed by atoms with Crippen LogP contribution in [-0.2, 0) is 0 Å². The molecule has 2 aromatic rings. The first-order valence-electron chi connectivity index (χ1n) is 3.16. The highest BCUT2D eigenvalue weighted by Gasteiger charge is 1.92. The van der Waals surface area contributed by atoms with Crippen LogP contribution in [0, 0.1) is 4.64 Å². The molecule has 11 heavy (non-hydrogen) atoms. The summed E-state index contributed by atoms with van der Waals surface area (Å²) < 4.78 is 0.586. The number of aromatic nitrogens is 3. The molecule has 0 unspecified atom stereocenters. The minimum absolute atomic E-state index is 0.586. The maximum absolute atomic E-state index is 4.97. The molecule has 0 atom stereocenters. The molecule has 0 aliphatic carbocycles. The van der Waals surface area contributed by atoms with Crippen LogP contribution in [0.3, 0.4) is 0 Å². The Kier molecular flexibility index (Phi) is 1.40. The topological polar surface area (TPSA) is 41.6 Å². The molecule has 3 nitrogen and oxygen atoms in total. The van der Waals surface area contributed by atoms with Crippen molar-refractivity contribution in [1.82, 2.24) is 15.2 Å². The van der Waals surface area contributed by atoms with E-state index in [-0.39, 0.29) is 0 Å². The molecule has 0 radical (unpaired) electrons. The zero-order valence-corrected chi connectivity index (χ0v) is 6.43. The Bertz CT molecular complexity index is 429. The molecule has 0 aliphatic heterocycles.